The lowest BCUT2D eigenvalue weighted by Crippen LogP contribution is -2.49. The molecule has 6 heteroatoms. The number of carbonyl (C=O) groups is 1. The number of hydrogen-bond acceptors (Lipinski definition) is 4. The summed E-state index contributed by atoms with van der Waals surface area (Å²) in [6, 6.07) is 14.0. The number of piperidine rings is 1. The molecule has 2 aromatic carbocycles. The number of amides is 1. The lowest BCUT2D eigenvalue weighted by atomic mass is 9.80. The fourth-order valence-corrected chi connectivity index (χ4v) is 5.33. The number of aromatic nitrogens is 2. The van der Waals surface area contributed by atoms with Crippen LogP contribution < -0.4 is 9.47 Å². The van der Waals surface area contributed by atoms with E-state index in [1.165, 1.54) is 0 Å². The van der Waals surface area contributed by atoms with Gasteiger partial charge in [0.15, 0.2) is 0 Å². The van der Waals surface area contributed by atoms with Gasteiger partial charge in [0.25, 0.3) is 5.91 Å². The number of likely N-dealkylation sites (tertiary alicyclic amines) is 1. The molecular formula is C28H33N3O3. The Morgan fingerprint density at radius 2 is 1.88 bits per heavy atom. The van der Waals surface area contributed by atoms with Gasteiger partial charge in [0, 0.05) is 49.2 Å². The molecule has 1 amide bonds. The van der Waals surface area contributed by atoms with E-state index in [1.54, 1.807) is 7.11 Å². The van der Waals surface area contributed by atoms with Crippen LogP contribution in [0.1, 0.15) is 62.0 Å². The largest absolute Gasteiger partial charge is 0.496 e. The van der Waals surface area contributed by atoms with Crippen LogP contribution in [0, 0.1) is 0 Å². The summed E-state index contributed by atoms with van der Waals surface area (Å²) in [6.07, 6.45) is 3.42. The monoisotopic (exact) mass is 459 g/mol. The number of benzene rings is 2. The zero-order valence-corrected chi connectivity index (χ0v) is 20.7. The minimum absolute atomic E-state index is 0.0364. The first-order valence-electron chi connectivity index (χ1n) is 12.1. The summed E-state index contributed by atoms with van der Waals surface area (Å²) in [5, 5.41) is 4.66. The van der Waals surface area contributed by atoms with Crippen molar-refractivity contribution in [3.05, 3.63) is 65.4 Å². The quantitative estimate of drug-likeness (QED) is 0.526. The Kier molecular flexibility index (Phi) is 5.42. The van der Waals surface area contributed by atoms with Crippen molar-refractivity contribution in [1.82, 2.24) is 14.7 Å². The van der Waals surface area contributed by atoms with Crippen LogP contribution in [-0.4, -0.2) is 40.8 Å². The molecule has 3 aromatic rings. The van der Waals surface area contributed by atoms with E-state index < -0.39 is 5.60 Å². The molecule has 1 aromatic heterocycles. The van der Waals surface area contributed by atoms with Crippen molar-refractivity contribution in [3.8, 4) is 22.8 Å². The van der Waals surface area contributed by atoms with Crippen LogP contribution in [0.2, 0.25) is 0 Å². The second kappa shape index (κ2) is 8.19. The highest BCUT2D eigenvalue weighted by Crippen LogP contribution is 2.49. The predicted octanol–water partition coefficient (Wildman–Crippen LogP) is 5.40. The number of carbonyl (C=O) groups excluding carboxylic acids is 1. The molecule has 178 valence electrons. The van der Waals surface area contributed by atoms with Crippen LogP contribution in [0.4, 0.5) is 0 Å². The van der Waals surface area contributed by atoms with E-state index in [9.17, 15) is 4.79 Å². The van der Waals surface area contributed by atoms with Gasteiger partial charge in [-0.3, -0.25) is 9.48 Å². The second-order valence-corrected chi connectivity index (χ2v) is 10.3. The lowest BCUT2D eigenvalue weighted by Gasteiger charge is -2.44. The molecule has 1 fully saturated rings. The average molecular weight is 460 g/mol. The van der Waals surface area contributed by atoms with Gasteiger partial charge in [-0.05, 0) is 42.2 Å². The number of nitrogens with zero attached hydrogens (tertiary/aromatic N) is 3. The van der Waals surface area contributed by atoms with E-state index >= 15 is 0 Å². The normalized spacial score (nSPS) is 16.6. The average Bonchev–Trinajstić information content (AvgIpc) is 3.29. The van der Waals surface area contributed by atoms with E-state index in [0.717, 1.165) is 53.3 Å². The summed E-state index contributed by atoms with van der Waals surface area (Å²) < 4.78 is 14.3. The predicted molar refractivity (Wildman–Crippen MR) is 132 cm³/mol. The molecule has 34 heavy (non-hydrogen) atoms. The Bertz CT molecular complexity index is 1230. The van der Waals surface area contributed by atoms with Gasteiger partial charge in [0.05, 0.1) is 19.0 Å². The number of fused-ring (bicyclic) bond motifs is 4. The third kappa shape index (κ3) is 3.56. The van der Waals surface area contributed by atoms with Gasteiger partial charge < -0.3 is 14.4 Å². The summed E-state index contributed by atoms with van der Waals surface area (Å²) in [6.45, 7) is 10.6. The molecule has 0 unspecified atom stereocenters. The zero-order valence-electron chi connectivity index (χ0n) is 20.7. The topological polar surface area (TPSA) is 56.6 Å². The number of rotatable bonds is 3. The van der Waals surface area contributed by atoms with Gasteiger partial charge in [-0.2, -0.15) is 5.10 Å². The molecule has 0 N–H and O–H groups in total. The fraction of sp³-hybridized carbons (Fsp3) is 0.429. The number of hydrogen-bond donors (Lipinski definition) is 0. The van der Waals surface area contributed by atoms with Crippen LogP contribution in [0.15, 0.2) is 48.7 Å². The van der Waals surface area contributed by atoms with Gasteiger partial charge in [-0.25, -0.2) is 0 Å². The molecule has 1 saturated heterocycles. The molecule has 2 aliphatic heterocycles. The molecule has 6 nitrogen and oxygen atoms in total. The van der Waals surface area contributed by atoms with Crippen LogP contribution in [0.3, 0.4) is 0 Å². The van der Waals surface area contributed by atoms with Crippen molar-refractivity contribution in [2.75, 3.05) is 20.2 Å². The van der Waals surface area contributed by atoms with E-state index in [4.69, 9.17) is 9.47 Å². The van der Waals surface area contributed by atoms with E-state index in [0.29, 0.717) is 18.7 Å². The molecule has 0 saturated carbocycles. The highest BCUT2D eigenvalue weighted by molar-refractivity contribution is 5.95. The molecule has 2 aliphatic rings. The van der Waals surface area contributed by atoms with Crippen molar-refractivity contribution in [3.63, 3.8) is 0 Å². The zero-order chi connectivity index (χ0) is 24.1. The highest BCUT2D eigenvalue weighted by atomic mass is 16.5. The van der Waals surface area contributed by atoms with Crippen LogP contribution in [0.25, 0.3) is 11.3 Å². The standard InChI is InChI=1S/C28H33N3O3/c1-6-31-25-20-9-7-8-10-23(20)34-28(22(25)18-29-31)13-15-30(16-14-28)26(32)19-11-12-21(27(2,3)4)24(17-19)33-5/h7-12,17-18H,6,13-16H2,1-5H3. The Hall–Kier alpha value is -3.28. The van der Waals surface area contributed by atoms with Crippen LogP contribution in [-0.2, 0) is 17.6 Å². The van der Waals surface area contributed by atoms with Gasteiger partial charge >= 0.3 is 0 Å². The maximum Gasteiger partial charge on any atom is 0.253 e. The molecule has 5 rings (SSSR count). The van der Waals surface area contributed by atoms with Crippen molar-refractivity contribution in [2.45, 2.75) is 58.1 Å². The SMILES string of the molecule is CCn1ncc2c1-c1ccccc1OC21CCN(C(=O)c2ccc(C(C)(C)C)c(OC)c2)CC1. The molecular weight excluding hydrogens is 426 g/mol. The number of methoxy groups -OCH3 is 1. The third-order valence-electron chi connectivity index (χ3n) is 7.19. The minimum atomic E-state index is -0.457. The van der Waals surface area contributed by atoms with Crippen LogP contribution >= 0.6 is 0 Å². The van der Waals surface area contributed by atoms with Gasteiger partial charge in [0.2, 0.25) is 0 Å². The second-order valence-electron chi connectivity index (χ2n) is 10.3. The van der Waals surface area contributed by atoms with E-state index in [2.05, 4.69) is 43.5 Å². The maximum atomic E-state index is 13.4. The first kappa shape index (κ1) is 22.5. The summed E-state index contributed by atoms with van der Waals surface area (Å²) in [5.41, 5.74) is 4.62. The third-order valence-corrected chi connectivity index (χ3v) is 7.19. The summed E-state index contributed by atoms with van der Waals surface area (Å²) >= 11 is 0. The molecule has 1 spiro atoms. The molecule has 0 radical (unpaired) electrons. The van der Waals surface area contributed by atoms with E-state index in [1.807, 2.05) is 47.5 Å². The number of ether oxygens (including phenoxy) is 2. The fourth-order valence-electron chi connectivity index (χ4n) is 5.33. The minimum Gasteiger partial charge on any atom is -0.496 e. The first-order valence-corrected chi connectivity index (χ1v) is 12.1. The summed E-state index contributed by atoms with van der Waals surface area (Å²) in [5.74, 6) is 1.69. The Balaban J connectivity index is 1.40. The summed E-state index contributed by atoms with van der Waals surface area (Å²) in [7, 11) is 1.66. The smallest absolute Gasteiger partial charge is 0.253 e. The molecule has 3 heterocycles. The van der Waals surface area contributed by atoms with Crippen molar-refractivity contribution in [2.24, 2.45) is 0 Å². The Labute approximate surface area is 201 Å². The maximum absolute atomic E-state index is 13.4. The van der Waals surface area contributed by atoms with Gasteiger partial charge in [-0.15, -0.1) is 0 Å². The molecule has 0 aliphatic carbocycles. The highest BCUT2D eigenvalue weighted by Gasteiger charge is 2.46. The van der Waals surface area contributed by atoms with Crippen LogP contribution in [0.5, 0.6) is 11.5 Å². The van der Waals surface area contributed by atoms with Crippen molar-refractivity contribution < 1.29 is 14.3 Å². The Morgan fingerprint density at radius 1 is 1.15 bits per heavy atom. The molecule has 0 atom stereocenters. The molecule has 0 bridgehead atoms. The Morgan fingerprint density at radius 3 is 2.56 bits per heavy atom. The van der Waals surface area contributed by atoms with Gasteiger partial charge in [-0.1, -0.05) is 39.0 Å². The summed E-state index contributed by atoms with van der Waals surface area (Å²) in [4.78, 5) is 15.3. The number of aryl methyl sites for hydroxylation is 1. The first-order chi connectivity index (χ1) is 16.3. The van der Waals surface area contributed by atoms with Gasteiger partial charge in [0.1, 0.15) is 17.1 Å². The number of para-hydroxylation sites is 1. The van der Waals surface area contributed by atoms with E-state index in [-0.39, 0.29) is 11.3 Å². The lowest BCUT2D eigenvalue weighted by molar-refractivity contribution is -0.00175. The van der Waals surface area contributed by atoms with Crippen molar-refractivity contribution in [1.29, 1.82) is 0 Å². The van der Waals surface area contributed by atoms with Crippen molar-refractivity contribution >= 4 is 5.91 Å².